The first-order valence-corrected chi connectivity index (χ1v) is 14.4. The van der Waals surface area contributed by atoms with E-state index in [1.165, 1.54) is 19.3 Å². The molecule has 0 spiro atoms. The number of imidazole rings is 1. The molecule has 0 unspecified atom stereocenters. The lowest BCUT2D eigenvalue weighted by atomic mass is 10.0. The summed E-state index contributed by atoms with van der Waals surface area (Å²) in [7, 11) is 0. The molecule has 0 radical (unpaired) electrons. The van der Waals surface area contributed by atoms with Crippen molar-refractivity contribution in [1.29, 1.82) is 0 Å². The molecule has 0 saturated heterocycles. The third kappa shape index (κ3) is 7.59. The molecule has 0 aliphatic carbocycles. The Labute approximate surface area is 225 Å². The van der Waals surface area contributed by atoms with Gasteiger partial charge in [-0.1, -0.05) is 117 Å². The lowest BCUT2D eigenvalue weighted by molar-refractivity contribution is -0.121. The van der Waals surface area contributed by atoms with Gasteiger partial charge in [0.25, 0.3) is 0 Å². The van der Waals surface area contributed by atoms with Crippen LogP contribution >= 0.6 is 11.8 Å². The number of amides is 1. The van der Waals surface area contributed by atoms with Crippen LogP contribution in [0, 0.1) is 0 Å². The van der Waals surface area contributed by atoms with Gasteiger partial charge in [-0.3, -0.25) is 9.36 Å². The van der Waals surface area contributed by atoms with Gasteiger partial charge in [0.15, 0.2) is 5.16 Å². The molecule has 1 heterocycles. The topological polar surface area (TPSA) is 46.9 Å². The van der Waals surface area contributed by atoms with Gasteiger partial charge in [0.2, 0.25) is 5.91 Å². The van der Waals surface area contributed by atoms with Crippen LogP contribution in [0.5, 0.6) is 0 Å². The molecule has 0 bridgehead atoms. The first-order valence-electron chi connectivity index (χ1n) is 13.5. The standard InChI is InChI=1S/C32H37N3OS/c1-2-3-4-15-24-33-29(36)23-14-16-25-37-32-34-30(26-17-8-5-9-18-26)31(27-19-10-6-11-20-27)35(32)28-21-12-7-13-22-28/h5-13,17-22H,2-4,14-16,23-25H2,1H3,(H,33,36). The van der Waals surface area contributed by atoms with Crippen LogP contribution in [-0.4, -0.2) is 27.8 Å². The van der Waals surface area contributed by atoms with Crippen molar-refractivity contribution in [3.63, 3.8) is 0 Å². The molecule has 3 aromatic carbocycles. The van der Waals surface area contributed by atoms with Crippen molar-refractivity contribution in [3.05, 3.63) is 91.0 Å². The highest BCUT2D eigenvalue weighted by molar-refractivity contribution is 7.99. The maximum absolute atomic E-state index is 12.2. The zero-order valence-corrected chi connectivity index (χ0v) is 22.6. The SMILES string of the molecule is CCCCCCNC(=O)CCCCSc1nc(-c2ccccc2)c(-c2ccccc2)n1-c1ccccc1. The molecule has 37 heavy (non-hydrogen) atoms. The number of nitrogens with one attached hydrogen (secondary N) is 1. The van der Waals surface area contributed by atoms with Gasteiger partial charge in [0, 0.05) is 35.5 Å². The number of unbranched alkanes of at least 4 members (excludes halogenated alkanes) is 4. The zero-order chi connectivity index (χ0) is 25.7. The Hall–Kier alpha value is -3.31. The fourth-order valence-corrected chi connectivity index (χ4v) is 5.40. The summed E-state index contributed by atoms with van der Waals surface area (Å²) in [6, 6.07) is 31.4. The summed E-state index contributed by atoms with van der Waals surface area (Å²) >= 11 is 1.76. The van der Waals surface area contributed by atoms with E-state index in [-0.39, 0.29) is 5.91 Å². The molecule has 0 aliphatic rings. The Kier molecular flexibility index (Phi) is 10.4. The lowest BCUT2D eigenvalue weighted by Crippen LogP contribution is -2.23. The van der Waals surface area contributed by atoms with Crippen LogP contribution in [0.4, 0.5) is 0 Å². The number of hydrogen-bond donors (Lipinski definition) is 1. The molecule has 1 amide bonds. The highest BCUT2D eigenvalue weighted by Gasteiger charge is 2.21. The quantitative estimate of drug-likeness (QED) is 0.137. The molecule has 4 nitrogen and oxygen atoms in total. The summed E-state index contributed by atoms with van der Waals surface area (Å²) in [5.74, 6) is 1.08. The predicted molar refractivity (Wildman–Crippen MR) is 156 cm³/mol. The Morgan fingerprint density at radius 2 is 1.43 bits per heavy atom. The van der Waals surface area contributed by atoms with Gasteiger partial charge in [-0.05, 0) is 31.4 Å². The number of thioether (sulfide) groups is 1. The fraction of sp³-hybridized carbons (Fsp3) is 0.312. The van der Waals surface area contributed by atoms with Gasteiger partial charge in [-0.15, -0.1) is 0 Å². The summed E-state index contributed by atoms with van der Waals surface area (Å²) in [5, 5.41) is 4.04. The minimum absolute atomic E-state index is 0.171. The smallest absolute Gasteiger partial charge is 0.219 e. The molecule has 1 N–H and O–H groups in total. The number of carbonyl (C=O) groups excluding carboxylic acids is 1. The number of rotatable bonds is 14. The second-order valence-corrected chi connectivity index (χ2v) is 10.3. The summed E-state index contributed by atoms with van der Waals surface area (Å²) in [5.41, 5.74) is 5.43. The van der Waals surface area contributed by atoms with Crippen LogP contribution in [0.1, 0.15) is 51.9 Å². The van der Waals surface area contributed by atoms with Crippen molar-refractivity contribution in [2.45, 2.75) is 57.0 Å². The maximum atomic E-state index is 12.2. The molecular weight excluding hydrogens is 474 g/mol. The van der Waals surface area contributed by atoms with Crippen molar-refractivity contribution in [2.75, 3.05) is 12.3 Å². The van der Waals surface area contributed by atoms with Crippen LogP contribution in [0.2, 0.25) is 0 Å². The average molecular weight is 512 g/mol. The van der Waals surface area contributed by atoms with Crippen LogP contribution < -0.4 is 5.32 Å². The van der Waals surface area contributed by atoms with Gasteiger partial charge in [0.05, 0.1) is 11.4 Å². The minimum Gasteiger partial charge on any atom is -0.356 e. The van der Waals surface area contributed by atoms with Crippen LogP contribution in [-0.2, 0) is 4.79 Å². The minimum atomic E-state index is 0.171. The molecule has 4 aromatic rings. The van der Waals surface area contributed by atoms with Crippen molar-refractivity contribution in [3.8, 4) is 28.2 Å². The van der Waals surface area contributed by atoms with Gasteiger partial charge in [0.1, 0.15) is 0 Å². The normalized spacial score (nSPS) is 10.9. The summed E-state index contributed by atoms with van der Waals surface area (Å²) in [4.78, 5) is 17.4. The van der Waals surface area contributed by atoms with Crippen molar-refractivity contribution in [1.82, 2.24) is 14.9 Å². The number of carbonyl (C=O) groups is 1. The Bertz CT molecular complexity index is 1220. The third-order valence-corrected chi connectivity index (χ3v) is 7.36. The fourth-order valence-electron chi connectivity index (χ4n) is 4.39. The zero-order valence-electron chi connectivity index (χ0n) is 21.7. The summed E-state index contributed by atoms with van der Waals surface area (Å²) in [6.45, 7) is 3.00. The molecule has 192 valence electrons. The molecule has 5 heteroatoms. The molecule has 0 atom stereocenters. The number of aromatic nitrogens is 2. The van der Waals surface area contributed by atoms with E-state index in [0.717, 1.165) is 64.9 Å². The van der Waals surface area contributed by atoms with E-state index in [4.69, 9.17) is 4.98 Å². The van der Waals surface area contributed by atoms with E-state index < -0.39 is 0 Å². The van der Waals surface area contributed by atoms with Gasteiger partial charge in [-0.25, -0.2) is 4.98 Å². The number of para-hydroxylation sites is 1. The van der Waals surface area contributed by atoms with E-state index in [9.17, 15) is 4.79 Å². The molecule has 4 rings (SSSR count). The third-order valence-electron chi connectivity index (χ3n) is 6.34. The summed E-state index contributed by atoms with van der Waals surface area (Å²) in [6.07, 6.45) is 7.17. The Morgan fingerprint density at radius 3 is 2.11 bits per heavy atom. The lowest BCUT2D eigenvalue weighted by Gasteiger charge is -2.13. The van der Waals surface area contributed by atoms with Crippen molar-refractivity contribution < 1.29 is 4.79 Å². The number of nitrogens with zero attached hydrogens (tertiary/aromatic N) is 2. The van der Waals surface area contributed by atoms with Gasteiger partial charge < -0.3 is 5.32 Å². The predicted octanol–water partition coefficient (Wildman–Crippen LogP) is 8.17. The number of hydrogen-bond acceptors (Lipinski definition) is 3. The molecule has 1 aromatic heterocycles. The first-order chi connectivity index (χ1) is 18.3. The highest BCUT2D eigenvalue weighted by Crippen LogP contribution is 2.38. The van der Waals surface area contributed by atoms with Crippen LogP contribution in [0.25, 0.3) is 28.2 Å². The first kappa shape index (κ1) is 26.7. The monoisotopic (exact) mass is 511 g/mol. The van der Waals surface area contributed by atoms with Crippen molar-refractivity contribution >= 4 is 17.7 Å². The largest absolute Gasteiger partial charge is 0.356 e. The Morgan fingerprint density at radius 1 is 0.784 bits per heavy atom. The summed E-state index contributed by atoms with van der Waals surface area (Å²) < 4.78 is 2.28. The van der Waals surface area contributed by atoms with Gasteiger partial charge in [-0.2, -0.15) is 0 Å². The van der Waals surface area contributed by atoms with E-state index in [2.05, 4.69) is 89.6 Å². The van der Waals surface area contributed by atoms with E-state index >= 15 is 0 Å². The second-order valence-electron chi connectivity index (χ2n) is 9.21. The van der Waals surface area contributed by atoms with Gasteiger partial charge >= 0.3 is 0 Å². The van der Waals surface area contributed by atoms with Crippen molar-refractivity contribution in [2.24, 2.45) is 0 Å². The Balaban J connectivity index is 1.50. The second kappa shape index (κ2) is 14.4. The molecule has 0 fully saturated rings. The number of benzene rings is 3. The van der Waals surface area contributed by atoms with Crippen LogP contribution in [0.15, 0.2) is 96.2 Å². The molecule has 0 saturated carbocycles. The van der Waals surface area contributed by atoms with Crippen LogP contribution in [0.3, 0.4) is 0 Å². The molecular formula is C32H37N3OS. The highest BCUT2D eigenvalue weighted by atomic mass is 32.2. The average Bonchev–Trinajstić information content (AvgIpc) is 3.33. The maximum Gasteiger partial charge on any atom is 0.219 e. The van der Waals surface area contributed by atoms with E-state index in [1.54, 1.807) is 11.8 Å². The molecule has 0 aliphatic heterocycles. The van der Waals surface area contributed by atoms with E-state index in [0.29, 0.717) is 6.42 Å². The van der Waals surface area contributed by atoms with E-state index in [1.807, 2.05) is 18.2 Å².